The summed E-state index contributed by atoms with van der Waals surface area (Å²) in [6.45, 7) is 0. The first-order valence-corrected chi connectivity index (χ1v) is 12.6. The van der Waals surface area contributed by atoms with E-state index in [-0.39, 0.29) is 36.3 Å². The monoisotopic (exact) mass is 554 g/mol. The molecular weight excluding hydrogens is 531 g/mol. The van der Waals surface area contributed by atoms with Crippen LogP contribution in [0.5, 0.6) is 0 Å². The normalized spacial score (nSPS) is 15.2. The summed E-state index contributed by atoms with van der Waals surface area (Å²) in [6.07, 6.45) is 0.631. The van der Waals surface area contributed by atoms with Crippen LogP contribution < -0.4 is 10.2 Å². The van der Waals surface area contributed by atoms with Crippen molar-refractivity contribution in [2.24, 2.45) is 13.0 Å². The minimum atomic E-state index is -0.916. The number of fused-ring (bicyclic) bond motifs is 2. The number of amides is 1. The highest BCUT2D eigenvalue weighted by molar-refractivity contribution is 6.35. The number of benzene rings is 1. The first kappa shape index (κ1) is 25.7. The number of hydrogen-bond acceptors (Lipinski definition) is 7. The molecule has 4 heterocycles. The maximum absolute atomic E-state index is 13.6. The van der Waals surface area contributed by atoms with E-state index in [1.165, 1.54) is 12.0 Å². The Morgan fingerprint density at radius 1 is 1.13 bits per heavy atom. The Labute approximate surface area is 227 Å². The van der Waals surface area contributed by atoms with Crippen molar-refractivity contribution in [3.8, 4) is 0 Å². The Hall–Kier alpha value is -3.89. The summed E-state index contributed by atoms with van der Waals surface area (Å²) < 4.78 is 6.30. The number of halogens is 2. The van der Waals surface area contributed by atoms with E-state index in [0.717, 1.165) is 16.6 Å². The number of aromatic nitrogens is 4. The van der Waals surface area contributed by atoms with Gasteiger partial charge < -0.3 is 19.6 Å². The lowest BCUT2D eigenvalue weighted by Crippen LogP contribution is -2.44. The molecule has 0 aliphatic carbocycles. The van der Waals surface area contributed by atoms with E-state index < -0.39 is 5.92 Å². The van der Waals surface area contributed by atoms with Crippen LogP contribution in [0.15, 0.2) is 36.4 Å². The third-order valence-electron chi connectivity index (χ3n) is 6.62. The second kappa shape index (κ2) is 10.1. The molecule has 10 nitrogen and oxygen atoms in total. The number of Topliss-reactive ketones (excluding diaryl/α,β-unsaturated/α-hetero) is 1. The van der Waals surface area contributed by atoms with Crippen LogP contribution in [0, 0.1) is 5.92 Å². The summed E-state index contributed by atoms with van der Waals surface area (Å²) in [7, 11) is 4.62. The molecule has 1 aliphatic rings. The molecule has 0 radical (unpaired) electrons. The van der Waals surface area contributed by atoms with Gasteiger partial charge in [0.15, 0.2) is 11.6 Å². The zero-order valence-corrected chi connectivity index (χ0v) is 22.4. The maximum Gasteiger partial charge on any atom is 0.305 e. The van der Waals surface area contributed by atoms with Crippen LogP contribution in [0.25, 0.3) is 10.9 Å². The molecule has 1 aliphatic heterocycles. The zero-order chi connectivity index (χ0) is 27.1. The molecular formula is C26H24Cl2N6O4. The SMILES string of the molecule is COC(=O)CCc1nc(Nc2nc3c(n2C)C(=O)C(Cc2cc4c(Cl)cccc4[nH]2)C(=O)N3C)ccc1Cl. The number of methoxy groups -OCH3 is 1. The summed E-state index contributed by atoms with van der Waals surface area (Å²) in [6, 6.07) is 10.7. The lowest BCUT2D eigenvalue weighted by molar-refractivity contribution is -0.140. The van der Waals surface area contributed by atoms with E-state index >= 15 is 0 Å². The number of aryl methyl sites for hydroxylation is 1. The fourth-order valence-electron chi connectivity index (χ4n) is 4.57. The van der Waals surface area contributed by atoms with E-state index in [0.29, 0.717) is 39.6 Å². The topological polar surface area (TPSA) is 122 Å². The molecule has 1 unspecified atom stereocenters. The number of rotatable bonds is 7. The van der Waals surface area contributed by atoms with Crippen LogP contribution in [0.3, 0.4) is 0 Å². The molecule has 2 N–H and O–H groups in total. The largest absolute Gasteiger partial charge is 0.469 e. The van der Waals surface area contributed by atoms with Crippen molar-refractivity contribution < 1.29 is 19.1 Å². The number of hydrogen-bond donors (Lipinski definition) is 2. The summed E-state index contributed by atoms with van der Waals surface area (Å²) in [5, 5.41) is 4.95. The number of carbonyl (C=O) groups excluding carboxylic acids is 3. The van der Waals surface area contributed by atoms with Gasteiger partial charge in [0.1, 0.15) is 17.4 Å². The molecule has 0 fully saturated rings. The average Bonchev–Trinajstić information content (AvgIpc) is 3.47. The molecule has 1 aromatic carbocycles. The predicted octanol–water partition coefficient (Wildman–Crippen LogP) is 4.47. The van der Waals surface area contributed by atoms with Crippen LogP contribution in [0.2, 0.25) is 10.0 Å². The van der Waals surface area contributed by atoms with Crippen molar-refractivity contribution in [3.63, 3.8) is 0 Å². The Morgan fingerprint density at radius 3 is 2.66 bits per heavy atom. The van der Waals surface area contributed by atoms with E-state index in [1.54, 1.807) is 36.9 Å². The first-order valence-electron chi connectivity index (χ1n) is 11.8. The molecule has 0 saturated heterocycles. The van der Waals surface area contributed by atoms with Gasteiger partial charge in [-0.2, -0.15) is 4.98 Å². The third kappa shape index (κ3) is 4.61. The van der Waals surface area contributed by atoms with Crippen LogP contribution in [0.1, 0.15) is 28.3 Å². The number of esters is 1. The summed E-state index contributed by atoms with van der Waals surface area (Å²) in [4.78, 5) is 52.0. The van der Waals surface area contributed by atoms with Crippen molar-refractivity contribution in [2.75, 3.05) is 24.4 Å². The number of pyridine rings is 1. The van der Waals surface area contributed by atoms with Crippen LogP contribution >= 0.6 is 23.2 Å². The number of aromatic amines is 1. The molecule has 4 aromatic rings. The van der Waals surface area contributed by atoms with E-state index in [2.05, 4.69) is 25.0 Å². The van der Waals surface area contributed by atoms with Gasteiger partial charge in [0.05, 0.1) is 24.2 Å². The second-order valence-corrected chi connectivity index (χ2v) is 9.82. The smallest absolute Gasteiger partial charge is 0.305 e. The van der Waals surface area contributed by atoms with Gasteiger partial charge in [-0.3, -0.25) is 19.3 Å². The fourth-order valence-corrected chi connectivity index (χ4v) is 5.00. The maximum atomic E-state index is 13.6. The number of nitrogens with one attached hydrogen (secondary N) is 2. The van der Waals surface area contributed by atoms with E-state index in [9.17, 15) is 14.4 Å². The Kier molecular flexibility index (Phi) is 6.85. The standard InChI is InChI=1S/C26H24Cl2N6O4/c1-33-22-23(36)15(12-13-11-14-16(27)5-4-6-18(14)29-13)25(37)34(2)24(22)32-26(33)31-20-9-7-17(28)19(30-20)8-10-21(35)38-3/h4-7,9,11,15,29H,8,10,12H2,1-3H3,(H,30,31,32). The highest BCUT2D eigenvalue weighted by Gasteiger charge is 2.42. The minimum Gasteiger partial charge on any atom is -0.469 e. The molecule has 0 saturated carbocycles. The lowest BCUT2D eigenvalue weighted by atomic mass is 9.91. The molecule has 12 heteroatoms. The quantitative estimate of drug-likeness (QED) is 0.255. The molecule has 196 valence electrons. The van der Waals surface area contributed by atoms with Gasteiger partial charge in [0, 0.05) is 48.6 Å². The molecule has 0 spiro atoms. The second-order valence-electron chi connectivity index (χ2n) is 9.01. The number of nitrogens with zero attached hydrogens (tertiary/aromatic N) is 4. The van der Waals surface area contributed by atoms with Crippen molar-refractivity contribution in [1.82, 2.24) is 19.5 Å². The fraction of sp³-hybridized carbons (Fsp3) is 0.269. The van der Waals surface area contributed by atoms with Gasteiger partial charge in [-0.15, -0.1) is 0 Å². The van der Waals surface area contributed by atoms with Crippen molar-refractivity contribution in [1.29, 1.82) is 0 Å². The van der Waals surface area contributed by atoms with Gasteiger partial charge in [0.25, 0.3) is 0 Å². The van der Waals surface area contributed by atoms with Gasteiger partial charge in [0.2, 0.25) is 11.9 Å². The third-order valence-corrected chi connectivity index (χ3v) is 7.29. The molecule has 1 atom stereocenters. The number of H-pyrrole nitrogens is 1. The summed E-state index contributed by atoms with van der Waals surface area (Å²) in [5.74, 6) is -0.927. The number of ether oxygens (including phenoxy) is 1. The Bertz CT molecular complexity index is 1590. The number of carbonyl (C=O) groups is 3. The highest BCUT2D eigenvalue weighted by atomic mass is 35.5. The van der Waals surface area contributed by atoms with Gasteiger partial charge in [-0.1, -0.05) is 29.3 Å². The van der Waals surface area contributed by atoms with Crippen LogP contribution in [-0.2, 0) is 34.2 Å². The number of anilines is 3. The van der Waals surface area contributed by atoms with Crippen LogP contribution in [0.4, 0.5) is 17.6 Å². The first-order chi connectivity index (χ1) is 18.2. The minimum absolute atomic E-state index is 0.134. The molecule has 1 amide bonds. The predicted molar refractivity (Wildman–Crippen MR) is 144 cm³/mol. The summed E-state index contributed by atoms with van der Waals surface area (Å²) >= 11 is 12.5. The number of ketones is 1. The average molecular weight is 555 g/mol. The molecule has 3 aromatic heterocycles. The van der Waals surface area contributed by atoms with Crippen molar-refractivity contribution in [2.45, 2.75) is 19.3 Å². The van der Waals surface area contributed by atoms with Gasteiger partial charge in [-0.05, 0) is 30.3 Å². The molecule has 5 rings (SSSR count). The van der Waals surface area contributed by atoms with E-state index in [1.807, 2.05) is 18.2 Å². The molecule has 38 heavy (non-hydrogen) atoms. The molecule has 0 bridgehead atoms. The van der Waals surface area contributed by atoms with Crippen LogP contribution in [-0.4, -0.2) is 51.3 Å². The Balaban J connectivity index is 1.41. The number of imidazole rings is 1. The van der Waals surface area contributed by atoms with Crippen molar-refractivity contribution >= 4 is 69.3 Å². The summed E-state index contributed by atoms with van der Waals surface area (Å²) in [5.41, 5.74) is 2.41. The van der Waals surface area contributed by atoms with E-state index in [4.69, 9.17) is 23.2 Å². The lowest BCUT2D eigenvalue weighted by Gasteiger charge is -2.27. The van der Waals surface area contributed by atoms with Gasteiger partial charge >= 0.3 is 5.97 Å². The van der Waals surface area contributed by atoms with Gasteiger partial charge in [-0.25, -0.2) is 4.98 Å². The Morgan fingerprint density at radius 2 is 1.92 bits per heavy atom. The highest BCUT2D eigenvalue weighted by Crippen LogP contribution is 2.34. The van der Waals surface area contributed by atoms with Crippen molar-refractivity contribution in [3.05, 3.63) is 63.5 Å². The zero-order valence-electron chi connectivity index (χ0n) is 20.8.